The molecular formula is C20H17N3O. The second-order valence-corrected chi connectivity index (χ2v) is 5.84. The van der Waals surface area contributed by atoms with Crippen molar-refractivity contribution in [2.45, 2.75) is 12.8 Å². The molecule has 0 atom stereocenters. The Morgan fingerprint density at radius 2 is 1.75 bits per heavy atom. The van der Waals surface area contributed by atoms with Crippen LogP contribution in [0.5, 0.6) is 0 Å². The van der Waals surface area contributed by atoms with Crippen LogP contribution in [0.2, 0.25) is 0 Å². The van der Waals surface area contributed by atoms with Gasteiger partial charge in [0.1, 0.15) is 0 Å². The largest absolute Gasteiger partial charge is 0.310 e. The zero-order valence-corrected chi connectivity index (χ0v) is 13.2. The number of aromatic nitrogens is 2. The lowest BCUT2D eigenvalue weighted by Gasteiger charge is -2.20. The molecule has 0 aliphatic carbocycles. The summed E-state index contributed by atoms with van der Waals surface area (Å²) in [7, 11) is 0. The lowest BCUT2D eigenvalue weighted by molar-refractivity contribution is 0.0993. The molecule has 0 saturated carbocycles. The van der Waals surface area contributed by atoms with Crippen molar-refractivity contribution in [2.24, 2.45) is 0 Å². The van der Waals surface area contributed by atoms with E-state index in [2.05, 4.69) is 20.9 Å². The van der Waals surface area contributed by atoms with E-state index in [-0.39, 0.29) is 5.78 Å². The average molecular weight is 315 g/mol. The Kier molecular flexibility index (Phi) is 3.79. The number of nitrogens with zero attached hydrogens (tertiary/aromatic N) is 3. The van der Waals surface area contributed by atoms with E-state index >= 15 is 0 Å². The lowest BCUT2D eigenvalue weighted by atomic mass is 9.99. The zero-order valence-electron chi connectivity index (χ0n) is 13.2. The van der Waals surface area contributed by atoms with Gasteiger partial charge in [0.15, 0.2) is 5.78 Å². The van der Waals surface area contributed by atoms with E-state index < -0.39 is 0 Å². The average Bonchev–Trinajstić information content (AvgIpc) is 3.08. The summed E-state index contributed by atoms with van der Waals surface area (Å²) in [5, 5.41) is 0. The number of para-hydroxylation sites is 1. The van der Waals surface area contributed by atoms with Crippen LogP contribution < -0.4 is 4.90 Å². The molecule has 1 aliphatic heterocycles. The molecule has 0 amide bonds. The number of anilines is 2. The van der Waals surface area contributed by atoms with Crippen molar-refractivity contribution in [3.63, 3.8) is 0 Å². The molecule has 0 N–H and O–H groups in total. The Bertz CT molecular complexity index is 863. The van der Waals surface area contributed by atoms with Crippen LogP contribution in [-0.2, 0) is 12.8 Å². The first-order valence-corrected chi connectivity index (χ1v) is 8.06. The van der Waals surface area contributed by atoms with E-state index in [0.29, 0.717) is 12.4 Å². The van der Waals surface area contributed by atoms with Crippen LogP contribution in [-0.4, -0.2) is 22.3 Å². The molecule has 0 saturated heterocycles. The van der Waals surface area contributed by atoms with Crippen molar-refractivity contribution in [3.8, 4) is 0 Å². The molecule has 0 spiro atoms. The number of fused-ring (bicyclic) bond motifs is 1. The summed E-state index contributed by atoms with van der Waals surface area (Å²) < 4.78 is 0. The maximum Gasteiger partial charge on any atom is 0.229 e. The molecule has 118 valence electrons. The zero-order chi connectivity index (χ0) is 16.4. The Labute approximate surface area is 140 Å². The molecule has 0 bridgehead atoms. The van der Waals surface area contributed by atoms with Crippen LogP contribution in [0.1, 0.15) is 21.5 Å². The number of carbonyl (C=O) groups is 1. The van der Waals surface area contributed by atoms with Gasteiger partial charge < -0.3 is 4.90 Å². The SMILES string of the molecule is O=C(Cc1cccc2c1N(c1ncccn1)CC2)c1ccccc1. The first-order valence-electron chi connectivity index (χ1n) is 8.06. The molecule has 2 aromatic carbocycles. The summed E-state index contributed by atoms with van der Waals surface area (Å²) in [5.41, 5.74) is 4.12. The molecule has 2 heterocycles. The van der Waals surface area contributed by atoms with Crippen LogP contribution in [0.15, 0.2) is 67.0 Å². The maximum atomic E-state index is 12.6. The number of benzene rings is 2. The standard InChI is InChI=1S/C20H17N3O/c24-18(15-6-2-1-3-7-15)14-17-9-4-8-16-10-13-23(19(16)17)20-21-11-5-12-22-20/h1-9,11-12H,10,13-14H2. The van der Waals surface area contributed by atoms with Crippen molar-refractivity contribution >= 4 is 17.4 Å². The molecular weight excluding hydrogens is 298 g/mol. The normalized spacial score (nSPS) is 12.9. The van der Waals surface area contributed by atoms with Crippen LogP contribution in [0.3, 0.4) is 0 Å². The molecule has 1 aromatic heterocycles. The van der Waals surface area contributed by atoms with Gasteiger partial charge in [-0.1, -0.05) is 48.5 Å². The van der Waals surface area contributed by atoms with Crippen LogP contribution in [0.25, 0.3) is 0 Å². The first kappa shape index (κ1) is 14.6. The highest BCUT2D eigenvalue weighted by molar-refractivity contribution is 5.98. The fraction of sp³-hybridized carbons (Fsp3) is 0.150. The van der Waals surface area contributed by atoms with Gasteiger partial charge in [-0.3, -0.25) is 4.79 Å². The van der Waals surface area contributed by atoms with E-state index in [1.165, 1.54) is 5.56 Å². The number of carbonyl (C=O) groups excluding carboxylic acids is 1. The molecule has 3 aromatic rings. The van der Waals surface area contributed by atoms with E-state index in [9.17, 15) is 4.79 Å². The van der Waals surface area contributed by atoms with E-state index in [1.54, 1.807) is 12.4 Å². The van der Waals surface area contributed by atoms with Gasteiger partial charge in [0.25, 0.3) is 0 Å². The molecule has 0 fully saturated rings. The molecule has 0 unspecified atom stereocenters. The van der Waals surface area contributed by atoms with Gasteiger partial charge in [-0.25, -0.2) is 9.97 Å². The highest BCUT2D eigenvalue weighted by atomic mass is 16.1. The summed E-state index contributed by atoms with van der Waals surface area (Å²) in [6.45, 7) is 0.843. The van der Waals surface area contributed by atoms with Gasteiger partial charge in [0.2, 0.25) is 5.95 Å². The van der Waals surface area contributed by atoms with Crippen molar-refractivity contribution in [1.82, 2.24) is 9.97 Å². The number of ketones is 1. The minimum absolute atomic E-state index is 0.129. The number of Topliss-reactive ketones (excluding diaryl/α,β-unsaturated/α-hetero) is 1. The van der Waals surface area contributed by atoms with E-state index in [1.807, 2.05) is 48.5 Å². The predicted octanol–water partition coefficient (Wildman–Crippen LogP) is 3.60. The van der Waals surface area contributed by atoms with E-state index in [4.69, 9.17) is 0 Å². The lowest BCUT2D eigenvalue weighted by Crippen LogP contribution is -2.18. The quantitative estimate of drug-likeness (QED) is 0.690. The second kappa shape index (κ2) is 6.24. The number of hydrogen-bond acceptors (Lipinski definition) is 4. The molecule has 4 nitrogen and oxygen atoms in total. The minimum Gasteiger partial charge on any atom is -0.310 e. The van der Waals surface area contributed by atoms with Crippen molar-refractivity contribution in [2.75, 3.05) is 11.4 Å². The monoisotopic (exact) mass is 315 g/mol. The predicted molar refractivity (Wildman–Crippen MR) is 93.7 cm³/mol. The summed E-state index contributed by atoms with van der Waals surface area (Å²) in [5.74, 6) is 0.820. The molecule has 4 heteroatoms. The third-order valence-corrected chi connectivity index (χ3v) is 4.32. The number of hydrogen-bond donors (Lipinski definition) is 0. The van der Waals surface area contributed by atoms with Crippen LogP contribution in [0.4, 0.5) is 11.6 Å². The summed E-state index contributed by atoms with van der Waals surface area (Å²) >= 11 is 0. The third kappa shape index (κ3) is 2.67. The fourth-order valence-corrected chi connectivity index (χ4v) is 3.21. The van der Waals surface area contributed by atoms with Gasteiger partial charge in [-0.05, 0) is 23.6 Å². The number of rotatable bonds is 4. The third-order valence-electron chi connectivity index (χ3n) is 4.32. The Morgan fingerprint density at radius 1 is 0.958 bits per heavy atom. The first-order chi connectivity index (χ1) is 11.8. The topological polar surface area (TPSA) is 46.1 Å². The van der Waals surface area contributed by atoms with E-state index in [0.717, 1.165) is 29.8 Å². The van der Waals surface area contributed by atoms with Crippen LogP contribution >= 0.6 is 0 Å². The Hall–Kier alpha value is -3.01. The van der Waals surface area contributed by atoms with Crippen LogP contribution in [0, 0.1) is 0 Å². The summed E-state index contributed by atoms with van der Waals surface area (Å²) in [4.78, 5) is 23.5. The molecule has 4 rings (SSSR count). The molecule has 0 radical (unpaired) electrons. The van der Waals surface area contributed by atoms with Crippen molar-refractivity contribution in [1.29, 1.82) is 0 Å². The van der Waals surface area contributed by atoms with Gasteiger partial charge >= 0.3 is 0 Å². The highest BCUT2D eigenvalue weighted by Gasteiger charge is 2.25. The maximum absolute atomic E-state index is 12.6. The Morgan fingerprint density at radius 3 is 2.54 bits per heavy atom. The van der Waals surface area contributed by atoms with Crippen molar-refractivity contribution in [3.05, 3.63) is 83.7 Å². The van der Waals surface area contributed by atoms with Crippen molar-refractivity contribution < 1.29 is 4.79 Å². The summed E-state index contributed by atoms with van der Waals surface area (Å²) in [6, 6.07) is 17.4. The van der Waals surface area contributed by atoms with Gasteiger partial charge in [-0.15, -0.1) is 0 Å². The Balaban J connectivity index is 1.69. The van der Waals surface area contributed by atoms with Gasteiger partial charge in [0, 0.05) is 30.9 Å². The molecule has 24 heavy (non-hydrogen) atoms. The second-order valence-electron chi connectivity index (χ2n) is 5.84. The smallest absolute Gasteiger partial charge is 0.229 e. The molecule has 1 aliphatic rings. The van der Waals surface area contributed by atoms with Gasteiger partial charge in [-0.2, -0.15) is 0 Å². The van der Waals surface area contributed by atoms with Gasteiger partial charge in [0.05, 0.1) is 5.69 Å². The minimum atomic E-state index is 0.129. The fourth-order valence-electron chi connectivity index (χ4n) is 3.21. The summed E-state index contributed by atoms with van der Waals surface area (Å²) in [6.07, 6.45) is 4.83. The highest BCUT2D eigenvalue weighted by Crippen LogP contribution is 2.36.